The van der Waals surface area contributed by atoms with Crippen LogP contribution in [0.2, 0.25) is 0 Å². The van der Waals surface area contributed by atoms with E-state index >= 15 is 0 Å². The van der Waals surface area contributed by atoms with Crippen LogP contribution in [0.5, 0.6) is 0 Å². The Labute approximate surface area is 174 Å². The van der Waals surface area contributed by atoms with Crippen molar-refractivity contribution in [2.24, 2.45) is 0 Å². The Hall–Kier alpha value is -3.16. The van der Waals surface area contributed by atoms with Gasteiger partial charge in [-0.05, 0) is 42.0 Å². The van der Waals surface area contributed by atoms with Crippen LogP contribution >= 0.6 is 0 Å². The van der Waals surface area contributed by atoms with Gasteiger partial charge in [-0.3, -0.25) is 4.84 Å². The number of morpholine rings is 1. The second-order valence-corrected chi connectivity index (χ2v) is 7.41. The number of pyridine rings is 1. The fourth-order valence-corrected chi connectivity index (χ4v) is 4.00. The van der Waals surface area contributed by atoms with E-state index in [4.69, 9.17) is 9.57 Å². The maximum Gasteiger partial charge on any atom is 0.135 e. The average molecular weight is 406 g/mol. The van der Waals surface area contributed by atoms with Gasteiger partial charge in [0.25, 0.3) is 0 Å². The molecule has 2 aliphatic heterocycles. The molecule has 1 aromatic heterocycles. The second-order valence-electron chi connectivity index (χ2n) is 7.41. The molecule has 3 heterocycles. The Bertz CT molecular complexity index is 1040. The van der Waals surface area contributed by atoms with E-state index in [1.807, 2.05) is 17.2 Å². The number of ether oxygens (including phenoxy) is 1. The third kappa shape index (κ3) is 3.58. The van der Waals surface area contributed by atoms with Crippen LogP contribution < -0.4 is 15.3 Å². The SMILES string of the molecule is CON1Cc2cccnc2Nc2ccc(N3CCOC(c4ccc(F)cc4)C3)cc21. The van der Waals surface area contributed by atoms with E-state index in [-0.39, 0.29) is 11.9 Å². The van der Waals surface area contributed by atoms with Crippen LogP contribution in [0, 0.1) is 5.82 Å². The number of rotatable bonds is 3. The van der Waals surface area contributed by atoms with Gasteiger partial charge in [-0.25, -0.2) is 14.4 Å². The van der Waals surface area contributed by atoms with Crippen LogP contribution in [0.25, 0.3) is 0 Å². The molecule has 0 amide bonds. The number of hydroxylamine groups is 1. The van der Waals surface area contributed by atoms with E-state index in [2.05, 4.69) is 33.4 Å². The fourth-order valence-electron chi connectivity index (χ4n) is 4.00. The molecule has 7 heteroatoms. The van der Waals surface area contributed by atoms with Crippen molar-refractivity contribution in [2.75, 3.05) is 42.1 Å². The zero-order chi connectivity index (χ0) is 20.5. The van der Waals surface area contributed by atoms with Crippen LogP contribution in [0.4, 0.5) is 27.3 Å². The van der Waals surface area contributed by atoms with Crippen molar-refractivity contribution in [3.8, 4) is 0 Å². The number of hydrogen-bond acceptors (Lipinski definition) is 6. The van der Waals surface area contributed by atoms with Crippen LogP contribution in [0.1, 0.15) is 17.2 Å². The largest absolute Gasteiger partial charge is 0.370 e. The number of hydrogen-bond donors (Lipinski definition) is 1. The second kappa shape index (κ2) is 7.93. The zero-order valence-corrected chi connectivity index (χ0v) is 16.7. The van der Waals surface area contributed by atoms with Crippen LogP contribution in [0.15, 0.2) is 60.8 Å². The molecular weight excluding hydrogens is 383 g/mol. The Morgan fingerprint density at radius 1 is 1.17 bits per heavy atom. The van der Waals surface area contributed by atoms with Gasteiger partial charge in [-0.2, -0.15) is 0 Å². The summed E-state index contributed by atoms with van der Waals surface area (Å²) in [4.78, 5) is 12.4. The molecule has 6 nitrogen and oxygen atoms in total. The van der Waals surface area contributed by atoms with Crippen LogP contribution in [0.3, 0.4) is 0 Å². The number of nitrogens with one attached hydrogen (secondary N) is 1. The normalized spacial score (nSPS) is 18.3. The highest BCUT2D eigenvalue weighted by atomic mass is 19.1. The third-order valence-electron chi connectivity index (χ3n) is 5.60. The molecule has 2 aliphatic rings. The first-order valence-corrected chi connectivity index (χ1v) is 10.00. The molecule has 0 spiro atoms. The first kappa shape index (κ1) is 18.8. The van der Waals surface area contributed by atoms with Gasteiger partial charge in [0.05, 0.1) is 31.6 Å². The molecule has 0 saturated carbocycles. The van der Waals surface area contributed by atoms with Crippen molar-refractivity contribution in [3.63, 3.8) is 0 Å². The molecule has 0 aliphatic carbocycles. The average Bonchev–Trinajstić information content (AvgIpc) is 2.95. The van der Waals surface area contributed by atoms with Crippen molar-refractivity contribution in [2.45, 2.75) is 12.6 Å². The summed E-state index contributed by atoms with van der Waals surface area (Å²) in [6.45, 7) is 2.70. The van der Waals surface area contributed by atoms with E-state index in [0.717, 1.165) is 40.6 Å². The van der Waals surface area contributed by atoms with E-state index in [1.54, 1.807) is 25.4 Å². The molecule has 1 fully saturated rings. The number of aromatic nitrogens is 1. The third-order valence-corrected chi connectivity index (χ3v) is 5.60. The molecule has 2 aromatic carbocycles. The maximum atomic E-state index is 13.3. The summed E-state index contributed by atoms with van der Waals surface area (Å²) in [6, 6.07) is 16.8. The lowest BCUT2D eigenvalue weighted by Crippen LogP contribution is -2.38. The van der Waals surface area contributed by atoms with Gasteiger partial charge in [0, 0.05) is 30.5 Å². The van der Waals surface area contributed by atoms with Crippen molar-refractivity contribution in [1.82, 2.24) is 4.98 Å². The molecule has 30 heavy (non-hydrogen) atoms. The summed E-state index contributed by atoms with van der Waals surface area (Å²) in [7, 11) is 1.68. The highest BCUT2D eigenvalue weighted by molar-refractivity contribution is 5.80. The van der Waals surface area contributed by atoms with E-state index in [0.29, 0.717) is 19.7 Å². The van der Waals surface area contributed by atoms with E-state index in [9.17, 15) is 4.39 Å². The van der Waals surface area contributed by atoms with Crippen molar-refractivity contribution >= 4 is 22.9 Å². The minimum absolute atomic E-state index is 0.0942. The van der Waals surface area contributed by atoms with Gasteiger partial charge in [-0.15, -0.1) is 0 Å². The molecular formula is C23H23FN4O2. The molecule has 1 N–H and O–H groups in total. The van der Waals surface area contributed by atoms with Gasteiger partial charge < -0.3 is 15.0 Å². The standard InChI is InChI=1S/C23H23FN4O2/c1-29-28-14-17-3-2-10-25-23(17)26-20-9-8-19(13-21(20)28)27-11-12-30-22(15-27)16-4-6-18(24)7-5-16/h2-10,13,22H,11-12,14-15H2,1H3,(H,25,26). The first-order chi connectivity index (χ1) is 14.7. The van der Waals surface area contributed by atoms with E-state index < -0.39 is 0 Å². The summed E-state index contributed by atoms with van der Waals surface area (Å²) in [6.07, 6.45) is 1.69. The monoisotopic (exact) mass is 406 g/mol. The minimum Gasteiger partial charge on any atom is -0.370 e. The predicted molar refractivity (Wildman–Crippen MR) is 114 cm³/mol. The van der Waals surface area contributed by atoms with Crippen molar-refractivity contribution in [3.05, 3.63) is 77.7 Å². The quantitative estimate of drug-likeness (QED) is 0.695. The van der Waals surface area contributed by atoms with Gasteiger partial charge in [0.1, 0.15) is 17.7 Å². The summed E-state index contributed by atoms with van der Waals surface area (Å²) in [5.41, 5.74) is 5.04. The lowest BCUT2D eigenvalue weighted by Gasteiger charge is -2.35. The zero-order valence-electron chi connectivity index (χ0n) is 16.7. The first-order valence-electron chi connectivity index (χ1n) is 10.00. The molecule has 154 valence electrons. The Morgan fingerprint density at radius 2 is 2.03 bits per heavy atom. The Balaban J connectivity index is 1.43. The van der Waals surface area contributed by atoms with Gasteiger partial charge in [-0.1, -0.05) is 18.2 Å². The van der Waals surface area contributed by atoms with E-state index in [1.165, 1.54) is 12.1 Å². The van der Waals surface area contributed by atoms with Gasteiger partial charge >= 0.3 is 0 Å². The molecule has 0 radical (unpaired) electrons. The molecule has 5 rings (SSSR count). The molecule has 1 unspecified atom stereocenters. The minimum atomic E-state index is -0.236. The van der Waals surface area contributed by atoms with Crippen LogP contribution in [-0.4, -0.2) is 31.8 Å². The lowest BCUT2D eigenvalue weighted by atomic mass is 10.1. The highest BCUT2D eigenvalue weighted by Crippen LogP contribution is 2.38. The van der Waals surface area contributed by atoms with Crippen molar-refractivity contribution in [1.29, 1.82) is 0 Å². The van der Waals surface area contributed by atoms with Gasteiger partial charge in [0.15, 0.2) is 0 Å². The van der Waals surface area contributed by atoms with Crippen molar-refractivity contribution < 1.29 is 14.0 Å². The summed E-state index contributed by atoms with van der Waals surface area (Å²) < 4.78 is 19.2. The molecule has 3 aromatic rings. The smallest absolute Gasteiger partial charge is 0.135 e. The number of halogens is 1. The number of benzene rings is 2. The molecule has 1 atom stereocenters. The summed E-state index contributed by atoms with van der Waals surface area (Å²) in [5.74, 6) is 0.605. The number of anilines is 4. The van der Waals surface area contributed by atoms with Gasteiger partial charge in [0.2, 0.25) is 0 Å². The highest BCUT2D eigenvalue weighted by Gasteiger charge is 2.25. The summed E-state index contributed by atoms with van der Waals surface area (Å²) >= 11 is 0. The number of nitrogens with zero attached hydrogens (tertiary/aromatic N) is 3. The predicted octanol–water partition coefficient (Wildman–Crippen LogP) is 4.42. The Kier molecular flexibility index (Phi) is 4.98. The summed E-state index contributed by atoms with van der Waals surface area (Å²) in [5, 5.41) is 5.30. The molecule has 0 bridgehead atoms. The fraction of sp³-hybridized carbons (Fsp3) is 0.261. The Morgan fingerprint density at radius 3 is 2.87 bits per heavy atom. The van der Waals surface area contributed by atoms with Crippen LogP contribution in [-0.2, 0) is 16.1 Å². The maximum absolute atomic E-state index is 13.3. The lowest BCUT2D eigenvalue weighted by molar-refractivity contribution is 0.0397. The topological polar surface area (TPSA) is 49.9 Å². The number of fused-ring (bicyclic) bond motifs is 2. The molecule has 1 saturated heterocycles.